The third-order valence-corrected chi connectivity index (χ3v) is 16.0. The fourth-order valence-electron chi connectivity index (χ4n) is 11.1. The lowest BCUT2D eigenvalue weighted by Gasteiger charge is -2.56. The number of nitrogens with zero attached hydrogens (tertiary/aromatic N) is 1. The molecule has 6 aliphatic rings. The number of fused-ring (bicyclic) bond motifs is 1. The predicted octanol–water partition coefficient (Wildman–Crippen LogP) is 8.66. The molecule has 2 unspecified atom stereocenters. The molecule has 192 valence electrons. The highest BCUT2D eigenvalue weighted by atomic mass is 31.2. The highest BCUT2D eigenvalue weighted by Crippen LogP contribution is 2.71. The molecule has 1 nitrogen and oxygen atoms in total. The third-order valence-electron chi connectivity index (χ3n) is 11.7. The van der Waals surface area contributed by atoms with Gasteiger partial charge >= 0.3 is 0 Å². The first-order valence-electron chi connectivity index (χ1n) is 14.9. The van der Waals surface area contributed by atoms with E-state index in [2.05, 4.69) is 88.4 Å². The minimum Gasteiger partial charge on any atom is -0.287 e. The van der Waals surface area contributed by atoms with Crippen molar-refractivity contribution in [2.75, 3.05) is 0 Å². The highest BCUT2D eigenvalue weighted by Gasteiger charge is 2.59. The van der Waals surface area contributed by atoms with Crippen LogP contribution in [0, 0.1) is 40.4 Å². The zero-order valence-electron chi connectivity index (χ0n) is 23.0. The minimum absolute atomic E-state index is 0.233. The van der Waals surface area contributed by atoms with Gasteiger partial charge in [-0.1, -0.05) is 88.4 Å². The monoisotopic (exact) mass is 499 g/mol. The van der Waals surface area contributed by atoms with Gasteiger partial charge in [-0.05, 0) is 109 Å². The van der Waals surface area contributed by atoms with Crippen molar-refractivity contribution in [1.29, 1.82) is 0 Å². The predicted molar refractivity (Wildman–Crippen MR) is 155 cm³/mol. The fourth-order valence-corrected chi connectivity index (χ4v) is 15.8. The van der Waals surface area contributed by atoms with Crippen LogP contribution in [-0.4, -0.2) is 11.2 Å². The second-order valence-corrected chi connectivity index (χ2v) is 18.4. The molecule has 0 aromatic heterocycles. The van der Waals surface area contributed by atoms with Crippen LogP contribution in [0.4, 0.5) is 0 Å². The molecule has 4 bridgehead atoms. The minimum atomic E-state index is -1.94. The third kappa shape index (κ3) is 3.58. The van der Waals surface area contributed by atoms with Gasteiger partial charge in [0, 0.05) is 12.7 Å². The van der Waals surface area contributed by atoms with Crippen LogP contribution in [0.15, 0.2) is 65.4 Å². The van der Waals surface area contributed by atoms with E-state index in [1.54, 1.807) is 10.6 Å². The van der Waals surface area contributed by atoms with Gasteiger partial charge in [0.1, 0.15) is 0 Å². The van der Waals surface area contributed by atoms with Crippen molar-refractivity contribution in [1.82, 2.24) is 0 Å². The quantitative estimate of drug-likeness (QED) is 0.373. The van der Waals surface area contributed by atoms with E-state index < -0.39 is 7.05 Å². The Hall–Kier alpha value is -1.33. The van der Waals surface area contributed by atoms with Gasteiger partial charge in [-0.15, -0.1) is 0 Å². The van der Waals surface area contributed by atoms with Gasteiger partial charge in [0.25, 0.3) is 0 Å². The van der Waals surface area contributed by atoms with Gasteiger partial charge in [-0.2, -0.15) is 0 Å². The van der Waals surface area contributed by atoms with E-state index in [0.29, 0.717) is 16.5 Å². The van der Waals surface area contributed by atoms with Gasteiger partial charge in [0.15, 0.2) is 0 Å². The van der Waals surface area contributed by atoms with Gasteiger partial charge in [0.05, 0.1) is 5.54 Å². The molecule has 36 heavy (non-hydrogen) atoms. The molecule has 0 radical (unpaired) electrons. The maximum atomic E-state index is 6.46. The van der Waals surface area contributed by atoms with E-state index in [9.17, 15) is 0 Å². The summed E-state index contributed by atoms with van der Waals surface area (Å²) in [5.74, 6) is 4.48. The summed E-state index contributed by atoms with van der Waals surface area (Å²) in [6.45, 7) is 10.3. The molecule has 6 saturated carbocycles. The second-order valence-electron chi connectivity index (χ2n) is 15.1. The summed E-state index contributed by atoms with van der Waals surface area (Å²) in [7, 11) is -1.94. The van der Waals surface area contributed by atoms with E-state index in [1.807, 2.05) is 0 Å². The highest BCUT2D eigenvalue weighted by molar-refractivity contribution is 7.81. The van der Waals surface area contributed by atoms with Crippen LogP contribution in [0.1, 0.15) is 85.5 Å². The summed E-state index contributed by atoms with van der Waals surface area (Å²) in [6.07, 6.45) is 12.7. The summed E-state index contributed by atoms with van der Waals surface area (Å²) in [6, 6.07) is 23.5. The smallest absolute Gasteiger partial charge is 0.0609 e. The molecule has 2 atom stereocenters. The molecule has 0 aliphatic heterocycles. The molecule has 2 heteroatoms. The largest absolute Gasteiger partial charge is 0.287 e. The summed E-state index contributed by atoms with van der Waals surface area (Å²) >= 11 is 0. The molecule has 2 aromatic rings. The molecule has 0 N–H and O–H groups in total. The molecule has 0 saturated heterocycles. The summed E-state index contributed by atoms with van der Waals surface area (Å²) < 4.78 is 6.46. The SMILES string of the molecule is CC1(C)CC(C)(C)C2CC(P(=NC34CC5CC(CC(C5)C3)C4)(c3ccccc3)c3ccccc3)CC21. The van der Waals surface area contributed by atoms with Crippen LogP contribution >= 0.6 is 7.05 Å². The summed E-state index contributed by atoms with van der Waals surface area (Å²) in [4.78, 5) is 0. The molecule has 0 heterocycles. The lowest BCUT2D eigenvalue weighted by Crippen LogP contribution is -2.49. The van der Waals surface area contributed by atoms with Crippen molar-refractivity contribution in [3.05, 3.63) is 60.7 Å². The molecular weight excluding hydrogens is 453 g/mol. The topological polar surface area (TPSA) is 12.4 Å². The Morgan fingerprint density at radius 1 is 0.611 bits per heavy atom. The van der Waals surface area contributed by atoms with Crippen LogP contribution in [0.5, 0.6) is 0 Å². The van der Waals surface area contributed by atoms with E-state index >= 15 is 0 Å². The van der Waals surface area contributed by atoms with E-state index in [4.69, 9.17) is 4.74 Å². The molecule has 6 fully saturated rings. The van der Waals surface area contributed by atoms with Gasteiger partial charge in [-0.3, -0.25) is 4.74 Å². The van der Waals surface area contributed by atoms with E-state index in [-0.39, 0.29) is 5.54 Å². The van der Waals surface area contributed by atoms with Crippen LogP contribution in [0.2, 0.25) is 0 Å². The number of benzene rings is 2. The lowest BCUT2D eigenvalue weighted by molar-refractivity contribution is 0.00249. The maximum Gasteiger partial charge on any atom is 0.0609 e. The van der Waals surface area contributed by atoms with E-state index in [0.717, 1.165) is 29.6 Å². The second kappa shape index (κ2) is 8.09. The summed E-state index contributed by atoms with van der Waals surface area (Å²) in [5, 5.41) is 3.13. The van der Waals surface area contributed by atoms with Crippen LogP contribution in [0.25, 0.3) is 0 Å². The van der Waals surface area contributed by atoms with Crippen molar-refractivity contribution < 1.29 is 0 Å². The number of hydrogen-bond acceptors (Lipinski definition) is 1. The number of hydrogen-bond donors (Lipinski definition) is 0. The fraction of sp³-hybridized carbons (Fsp3) is 0.647. The Balaban J connectivity index is 1.45. The van der Waals surface area contributed by atoms with Gasteiger partial charge in [-0.25, -0.2) is 0 Å². The Morgan fingerprint density at radius 2 is 1.03 bits per heavy atom. The standard InChI is InChI=1S/C34H46NP/c1-32(2)23-33(3,4)31-19-29(18-30(31)32)36(27-11-7-5-8-12-27,28-13-9-6-10-14-28)35-34-20-24-15-25(21-34)17-26(16-24)22-34/h5-14,24-26,29-31H,15-23H2,1-4H3. The Morgan fingerprint density at radius 3 is 1.44 bits per heavy atom. The van der Waals surface area contributed by atoms with Crippen LogP contribution < -0.4 is 10.6 Å². The van der Waals surface area contributed by atoms with Crippen molar-refractivity contribution in [2.45, 2.75) is 96.7 Å². The maximum absolute atomic E-state index is 6.46. The Bertz CT molecular complexity index is 1080. The Labute approximate surface area is 219 Å². The average molecular weight is 500 g/mol. The first kappa shape index (κ1) is 23.8. The van der Waals surface area contributed by atoms with Crippen molar-refractivity contribution in [3.8, 4) is 0 Å². The molecule has 2 aromatic carbocycles. The van der Waals surface area contributed by atoms with Crippen LogP contribution in [-0.2, 0) is 0 Å². The normalized spacial score (nSPS) is 39.8. The lowest BCUT2D eigenvalue weighted by atomic mass is 9.53. The number of rotatable bonds is 4. The van der Waals surface area contributed by atoms with Gasteiger partial charge < -0.3 is 0 Å². The van der Waals surface area contributed by atoms with Crippen molar-refractivity contribution >= 4 is 17.7 Å². The van der Waals surface area contributed by atoms with Gasteiger partial charge in [0.2, 0.25) is 0 Å². The first-order valence-corrected chi connectivity index (χ1v) is 16.7. The molecule has 0 amide bonds. The van der Waals surface area contributed by atoms with Crippen molar-refractivity contribution in [2.24, 2.45) is 45.2 Å². The molecule has 8 rings (SSSR count). The van der Waals surface area contributed by atoms with Crippen LogP contribution in [0.3, 0.4) is 0 Å². The molecular formula is C34H46NP. The average Bonchev–Trinajstić information content (AvgIpc) is 3.36. The zero-order valence-corrected chi connectivity index (χ0v) is 23.9. The Kier molecular flexibility index (Phi) is 5.34. The molecule has 6 aliphatic carbocycles. The van der Waals surface area contributed by atoms with E-state index in [1.165, 1.54) is 57.8 Å². The summed E-state index contributed by atoms with van der Waals surface area (Å²) in [5.41, 5.74) is 1.79. The zero-order chi connectivity index (χ0) is 24.8. The first-order chi connectivity index (χ1) is 17.2. The molecule has 0 spiro atoms. The van der Waals surface area contributed by atoms with Crippen molar-refractivity contribution in [3.63, 3.8) is 0 Å².